The van der Waals surface area contributed by atoms with Crippen molar-refractivity contribution in [2.45, 2.75) is 18.9 Å². The summed E-state index contributed by atoms with van der Waals surface area (Å²) in [7, 11) is 3.53. The summed E-state index contributed by atoms with van der Waals surface area (Å²) in [5.74, 6) is 0.907. The Morgan fingerprint density at radius 1 is 1.40 bits per heavy atom. The molecule has 0 N–H and O–H groups in total. The fourth-order valence-electron chi connectivity index (χ4n) is 3.22. The van der Waals surface area contributed by atoms with Gasteiger partial charge in [-0.1, -0.05) is 6.07 Å². The predicted molar refractivity (Wildman–Crippen MR) is 93.3 cm³/mol. The summed E-state index contributed by atoms with van der Waals surface area (Å²) in [5.41, 5.74) is 0.760. The SMILES string of the molecule is COc1cc(N(C)C2CCCN(c3c(F)cccc3C#N)C2)ncn1. The highest BCUT2D eigenvalue weighted by atomic mass is 19.1. The number of ether oxygens (including phenoxy) is 1. The first-order valence-electron chi connectivity index (χ1n) is 8.16. The molecule has 130 valence electrons. The van der Waals surface area contributed by atoms with E-state index in [1.807, 2.05) is 11.9 Å². The number of anilines is 2. The average molecular weight is 341 g/mol. The van der Waals surface area contributed by atoms with E-state index >= 15 is 0 Å². The molecular formula is C18H20FN5O. The molecular weight excluding hydrogens is 321 g/mol. The molecule has 3 rings (SSSR count). The Morgan fingerprint density at radius 2 is 2.24 bits per heavy atom. The molecule has 0 amide bonds. The molecule has 0 radical (unpaired) electrons. The van der Waals surface area contributed by atoms with Crippen LogP contribution in [0.15, 0.2) is 30.6 Å². The van der Waals surface area contributed by atoms with Crippen LogP contribution in [0, 0.1) is 17.1 Å². The van der Waals surface area contributed by atoms with Crippen molar-refractivity contribution in [3.63, 3.8) is 0 Å². The topological polar surface area (TPSA) is 65.3 Å². The van der Waals surface area contributed by atoms with Crippen molar-refractivity contribution in [2.75, 3.05) is 37.0 Å². The van der Waals surface area contributed by atoms with Crippen LogP contribution >= 0.6 is 0 Å². The van der Waals surface area contributed by atoms with Crippen molar-refractivity contribution < 1.29 is 9.13 Å². The van der Waals surface area contributed by atoms with Crippen molar-refractivity contribution in [1.82, 2.24) is 9.97 Å². The maximum absolute atomic E-state index is 14.3. The highest BCUT2D eigenvalue weighted by Gasteiger charge is 2.27. The standard InChI is InChI=1S/C18H20FN5O/c1-23(16-9-17(25-2)22-12-21-16)14-6-4-8-24(11-14)18-13(10-20)5-3-7-15(18)19/h3,5,7,9,12,14H,4,6,8,11H2,1-2H3. The molecule has 1 aliphatic heterocycles. The molecule has 1 aliphatic rings. The zero-order valence-electron chi connectivity index (χ0n) is 14.3. The van der Waals surface area contributed by atoms with Gasteiger partial charge in [-0.15, -0.1) is 0 Å². The summed E-state index contributed by atoms with van der Waals surface area (Å²) in [6, 6.07) is 8.65. The Bertz CT molecular complexity index is 791. The highest BCUT2D eigenvalue weighted by molar-refractivity contribution is 5.61. The number of piperidine rings is 1. The summed E-state index contributed by atoms with van der Waals surface area (Å²) in [4.78, 5) is 12.3. The van der Waals surface area contributed by atoms with E-state index in [1.54, 1.807) is 25.3 Å². The average Bonchev–Trinajstić information content (AvgIpc) is 2.67. The van der Waals surface area contributed by atoms with E-state index in [-0.39, 0.29) is 11.9 Å². The van der Waals surface area contributed by atoms with Crippen LogP contribution in [0.1, 0.15) is 18.4 Å². The monoisotopic (exact) mass is 341 g/mol. The minimum Gasteiger partial charge on any atom is -0.481 e. The third-order valence-corrected chi connectivity index (χ3v) is 4.57. The van der Waals surface area contributed by atoms with Crippen molar-refractivity contribution in [1.29, 1.82) is 5.26 Å². The maximum atomic E-state index is 14.3. The van der Waals surface area contributed by atoms with E-state index in [1.165, 1.54) is 12.4 Å². The summed E-state index contributed by atoms with van der Waals surface area (Å²) >= 11 is 0. The van der Waals surface area contributed by atoms with Crippen LogP contribution in [0.5, 0.6) is 5.88 Å². The predicted octanol–water partition coefficient (Wildman–Crippen LogP) is 2.60. The first-order valence-corrected chi connectivity index (χ1v) is 8.16. The molecule has 1 aromatic carbocycles. The number of methoxy groups -OCH3 is 1. The third-order valence-electron chi connectivity index (χ3n) is 4.57. The number of halogens is 1. The first kappa shape index (κ1) is 17.0. The van der Waals surface area contributed by atoms with Gasteiger partial charge in [-0.2, -0.15) is 5.26 Å². The summed E-state index contributed by atoms with van der Waals surface area (Å²) in [6.45, 7) is 1.35. The van der Waals surface area contributed by atoms with E-state index in [2.05, 4.69) is 20.9 Å². The smallest absolute Gasteiger partial charge is 0.218 e. The lowest BCUT2D eigenvalue weighted by atomic mass is 10.0. The first-order chi connectivity index (χ1) is 12.1. The van der Waals surface area contributed by atoms with Gasteiger partial charge in [0.2, 0.25) is 5.88 Å². The molecule has 0 bridgehead atoms. The van der Waals surface area contributed by atoms with E-state index in [0.717, 1.165) is 25.2 Å². The van der Waals surface area contributed by atoms with Crippen LogP contribution in [0.2, 0.25) is 0 Å². The van der Waals surface area contributed by atoms with Crippen LogP contribution in [-0.2, 0) is 0 Å². The summed E-state index contributed by atoms with van der Waals surface area (Å²) in [5, 5.41) is 9.30. The molecule has 0 saturated carbocycles. The van der Waals surface area contributed by atoms with Gasteiger partial charge in [0.1, 0.15) is 24.0 Å². The largest absolute Gasteiger partial charge is 0.481 e. The van der Waals surface area contributed by atoms with Gasteiger partial charge in [-0.05, 0) is 25.0 Å². The molecule has 0 spiro atoms. The zero-order valence-corrected chi connectivity index (χ0v) is 14.3. The fraction of sp³-hybridized carbons (Fsp3) is 0.389. The van der Waals surface area contributed by atoms with Gasteiger partial charge in [0.15, 0.2) is 0 Å². The van der Waals surface area contributed by atoms with Gasteiger partial charge < -0.3 is 14.5 Å². The second kappa shape index (κ2) is 7.34. The quantitative estimate of drug-likeness (QED) is 0.852. The Balaban J connectivity index is 1.83. The molecule has 1 aromatic heterocycles. The van der Waals surface area contributed by atoms with Gasteiger partial charge in [0.05, 0.1) is 18.4 Å². The van der Waals surface area contributed by atoms with Crippen molar-refractivity contribution in [3.05, 3.63) is 42.0 Å². The number of aromatic nitrogens is 2. The second-order valence-corrected chi connectivity index (χ2v) is 6.02. The molecule has 0 aliphatic carbocycles. The van der Waals surface area contributed by atoms with E-state index in [4.69, 9.17) is 4.74 Å². The van der Waals surface area contributed by atoms with Crippen LogP contribution in [-0.4, -0.2) is 43.3 Å². The number of hydrogen-bond donors (Lipinski definition) is 0. The number of nitrogens with zero attached hydrogens (tertiary/aromatic N) is 5. The third kappa shape index (κ3) is 3.48. The molecule has 7 heteroatoms. The molecule has 2 heterocycles. The molecule has 1 fully saturated rings. The van der Waals surface area contributed by atoms with E-state index < -0.39 is 0 Å². The lowest BCUT2D eigenvalue weighted by molar-refractivity contribution is 0.396. The Morgan fingerprint density at radius 3 is 3.00 bits per heavy atom. The fourth-order valence-corrected chi connectivity index (χ4v) is 3.22. The minimum atomic E-state index is -0.356. The molecule has 1 saturated heterocycles. The van der Waals surface area contributed by atoms with Crippen LogP contribution in [0.25, 0.3) is 0 Å². The zero-order chi connectivity index (χ0) is 17.8. The van der Waals surface area contributed by atoms with Crippen molar-refractivity contribution in [2.24, 2.45) is 0 Å². The number of benzene rings is 1. The Hall–Kier alpha value is -2.88. The van der Waals surface area contributed by atoms with Gasteiger partial charge in [0.25, 0.3) is 0 Å². The van der Waals surface area contributed by atoms with Crippen molar-refractivity contribution in [3.8, 4) is 11.9 Å². The van der Waals surface area contributed by atoms with E-state index in [9.17, 15) is 9.65 Å². The molecule has 6 nitrogen and oxygen atoms in total. The van der Waals surface area contributed by atoms with Crippen molar-refractivity contribution >= 4 is 11.5 Å². The molecule has 2 aromatic rings. The number of rotatable bonds is 4. The summed E-state index contributed by atoms with van der Waals surface area (Å²) < 4.78 is 19.5. The van der Waals surface area contributed by atoms with Gasteiger partial charge in [-0.25, -0.2) is 14.4 Å². The van der Waals surface area contributed by atoms with E-state index in [0.29, 0.717) is 23.7 Å². The molecule has 1 atom stereocenters. The van der Waals surface area contributed by atoms with Crippen LogP contribution < -0.4 is 14.5 Å². The number of para-hydroxylation sites is 1. The van der Waals surface area contributed by atoms with Gasteiger partial charge in [-0.3, -0.25) is 0 Å². The maximum Gasteiger partial charge on any atom is 0.218 e. The number of hydrogen-bond acceptors (Lipinski definition) is 6. The van der Waals surface area contributed by atoms with Gasteiger partial charge >= 0.3 is 0 Å². The minimum absolute atomic E-state index is 0.152. The lowest BCUT2D eigenvalue weighted by Crippen LogP contribution is -2.47. The normalized spacial score (nSPS) is 17.0. The van der Waals surface area contributed by atoms with Crippen LogP contribution in [0.4, 0.5) is 15.9 Å². The Kier molecular flexibility index (Phi) is 4.98. The van der Waals surface area contributed by atoms with Gasteiger partial charge in [0, 0.05) is 32.2 Å². The van der Waals surface area contributed by atoms with Crippen LogP contribution in [0.3, 0.4) is 0 Å². The highest BCUT2D eigenvalue weighted by Crippen LogP contribution is 2.29. The molecule has 25 heavy (non-hydrogen) atoms. The number of likely N-dealkylation sites (N-methyl/N-ethyl adjacent to an activating group) is 1. The summed E-state index contributed by atoms with van der Waals surface area (Å²) in [6.07, 6.45) is 3.35. The second-order valence-electron chi connectivity index (χ2n) is 6.02. The molecule has 1 unspecified atom stereocenters. The lowest BCUT2D eigenvalue weighted by Gasteiger charge is -2.39. The Labute approximate surface area is 146 Å². The number of nitriles is 1.